The molecule has 0 radical (unpaired) electrons. The third-order valence-electron chi connectivity index (χ3n) is 16.4. The van der Waals surface area contributed by atoms with Gasteiger partial charge in [-0.3, -0.25) is 0 Å². The van der Waals surface area contributed by atoms with Gasteiger partial charge in [0.25, 0.3) is 11.2 Å². The van der Waals surface area contributed by atoms with E-state index >= 15 is 0 Å². The zero-order valence-electron chi connectivity index (χ0n) is 45.3. The zero-order chi connectivity index (χ0) is 61.3. The maximum atomic E-state index is 14.2. The second-order valence-electron chi connectivity index (χ2n) is 23.5. The summed E-state index contributed by atoms with van der Waals surface area (Å²) in [6, 6.07) is 0. The van der Waals surface area contributed by atoms with Crippen molar-refractivity contribution >= 4 is 5.97 Å². The van der Waals surface area contributed by atoms with Gasteiger partial charge in [-0.2, -0.15) is 79.0 Å². The van der Waals surface area contributed by atoms with Crippen LogP contribution in [0.3, 0.4) is 0 Å². The third-order valence-corrected chi connectivity index (χ3v) is 16.4. The fraction of sp³-hybridized carbons (Fsp3) is 0.939. The van der Waals surface area contributed by atoms with E-state index in [0.717, 1.165) is 41.5 Å². The summed E-state index contributed by atoms with van der Waals surface area (Å²) in [4.78, 5) is 13.6. The van der Waals surface area contributed by atoms with Crippen LogP contribution in [0.5, 0.6) is 0 Å². The SMILES string of the molecule is C=C(C)C(=O)OC(C1CCC(C(C)(C)OC(C)C(O)(C(F)(F)F)C(F)(F)F)C(C(C)(C)OC(C)C(C)(O)C(F)(F)F)C1)C1CCC(C(C)(C)OC(C)C(O)(C(F)(F)F)C(F)(F)F)C(C(C)(C)OC(C)C(C)(O)C(F)(F)F)C1. The van der Waals surface area contributed by atoms with Gasteiger partial charge in [0, 0.05) is 5.57 Å². The molecule has 2 fully saturated rings. The van der Waals surface area contributed by atoms with Crippen molar-refractivity contribution < 1.29 is 128 Å². The topological polar surface area (TPSA) is 144 Å². The van der Waals surface area contributed by atoms with E-state index in [0.29, 0.717) is 27.7 Å². The number of carbonyl (C=O) groups excluding carboxylic acids is 1. The summed E-state index contributed by atoms with van der Waals surface area (Å²) in [6.45, 7) is 16.8. The van der Waals surface area contributed by atoms with Crippen LogP contribution < -0.4 is 0 Å². The number of ether oxygens (including phenoxy) is 5. The normalized spacial score (nSPS) is 26.5. The summed E-state index contributed by atoms with van der Waals surface area (Å²) < 4.78 is 283. The Bertz CT molecular complexity index is 1850. The van der Waals surface area contributed by atoms with Crippen molar-refractivity contribution in [3.05, 3.63) is 12.2 Å². The van der Waals surface area contributed by atoms with Crippen LogP contribution in [0.25, 0.3) is 0 Å². The number of halogens is 18. The van der Waals surface area contributed by atoms with Crippen molar-refractivity contribution in [3.63, 3.8) is 0 Å². The minimum Gasteiger partial charge on any atom is -0.458 e. The molecule has 0 aromatic carbocycles. The van der Waals surface area contributed by atoms with Crippen LogP contribution in [0.2, 0.25) is 0 Å². The summed E-state index contributed by atoms with van der Waals surface area (Å²) in [7, 11) is 0. The molecule has 2 rings (SSSR count). The highest BCUT2D eigenvalue weighted by molar-refractivity contribution is 5.87. The van der Waals surface area contributed by atoms with E-state index in [9.17, 15) is 104 Å². The summed E-state index contributed by atoms with van der Waals surface area (Å²) >= 11 is 0. The predicted molar refractivity (Wildman–Crippen MR) is 239 cm³/mol. The lowest BCUT2D eigenvalue weighted by Gasteiger charge is -2.55. The predicted octanol–water partition coefficient (Wildman–Crippen LogP) is 12.6. The standard InChI is InChI=1S/C49H74F18O10/c1-23(2)35(68)73-34(28-17-19-30(32(21-28)38(11,12)74-24(3)40(15,69)44(50,51)52)36(7,8)76-26(5)42(71,46(56,57)58)47(59,60)61)29-18-20-31(33(22-29)39(13,14)75-25(4)41(16,70)45(53,54)55)37(9,10)77-27(6)43(72,48(62,63)64)49(65,66)67/h24-34,69-72H,1,17-22H2,2-16H3. The van der Waals surface area contributed by atoms with Gasteiger partial charge in [0.1, 0.15) is 18.3 Å². The molecule has 0 heterocycles. The highest BCUT2D eigenvalue weighted by Gasteiger charge is 2.76. The summed E-state index contributed by atoms with van der Waals surface area (Å²) in [6.07, 6.45) is -50.1. The van der Waals surface area contributed by atoms with E-state index in [1.165, 1.54) is 34.6 Å². The first kappa shape index (κ1) is 70.7. The molecule has 4 N–H and O–H groups in total. The molecule has 2 aliphatic rings. The van der Waals surface area contributed by atoms with E-state index < -0.39 is 167 Å². The molecule has 0 amide bonds. The highest BCUT2D eigenvalue weighted by atomic mass is 19.4. The Hall–Kier alpha value is -2.37. The maximum Gasteiger partial charge on any atom is 0.428 e. The molecule has 12 unspecified atom stereocenters. The Morgan fingerprint density at radius 1 is 0.416 bits per heavy atom. The number of hydrogen-bond donors (Lipinski definition) is 4. The van der Waals surface area contributed by atoms with Gasteiger partial charge >= 0.3 is 43.0 Å². The van der Waals surface area contributed by atoms with Gasteiger partial charge in [-0.1, -0.05) is 6.58 Å². The molecule has 12 atom stereocenters. The Morgan fingerprint density at radius 2 is 0.649 bits per heavy atom. The minimum atomic E-state index is -6.38. The maximum absolute atomic E-state index is 14.2. The monoisotopic (exact) mass is 1160 g/mol. The Labute approximate surface area is 435 Å². The Kier molecular flexibility index (Phi) is 20.6. The van der Waals surface area contributed by atoms with Crippen LogP contribution in [0.1, 0.15) is 142 Å². The summed E-state index contributed by atoms with van der Waals surface area (Å²) in [5, 5.41) is 41.7. The van der Waals surface area contributed by atoms with Crippen molar-refractivity contribution in [2.24, 2.45) is 35.5 Å². The quantitative estimate of drug-likeness (QED) is 0.0528. The number of aliphatic hydroxyl groups is 4. The molecule has 0 bridgehead atoms. The number of hydrogen-bond acceptors (Lipinski definition) is 10. The fourth-order valence-corrected chi connectivity index (χ4v) is 11.3. The van der Waals surface area contributed by atoms with Crippen LogP contribution in [0.15, 0.2) is 12.2 Å². The molecule has 2 saturated carbocycles. The minimum absolute atomic E-state index is 0.208. The van der Waals surface area contributed by atoms with E-state index in [2.05, 4.69) is 6.58 Å². The smallest absolute Gasteiger partial charge is 0.428 e. The van der Waals surface area contributed by atoms with Crippen LogP contribution in [-0.2, 0) is 28.5 Å². The van der Waals surface area contributed by atoms with Gasteiger partial charge < -0.3 is 44.1 Å². The lowest BCUT2D eigenvalue weighted by molar-refractivity contribution is -0.401. The molecule has 0 aromatic heterocycles. The van der Waals surface area contributed by atoms with Crippen molar-refractivity contribution in [1.29, 1.82) is 0 Å². The number of alkyl halides is 18. The van der Waals surface area contributed by atoms with Crippen LogP contribution in [0.4, 0.5) is 79.0 Å². The Morgan fingerprint density at radius 3 is 0.870 bits per heavy atom. The third kappa shape index (κ3) is 14.5. The molecule has 456 valence electrons. The molecule has 10 nitrogen and oxygen atoms in total. The van der Waals surface area contributed by atoms with Gasteiger partial charge in [0.05, 0.1) is 34.6 Å². The number of carbonyl (C=O) groups is 1. The number of esters is 1. The van der Waals surface area contributed by atoms with E-state index in [1.807, 2.05) is 0 Å². The van der Waals surface area contributed by atoms with Crippen molar-refractivity contribution in [3.8, 4) is 0 Å². The van der Waals surface area contributed by atoms with Crippen molar-refractivity contribution in [2.45, 2.75) is 255 Å². The molecule has 0 aromatic rings. The molecular formula is C49H74F18O10. The first-order chi connectivity index (χ1) is 33.6. The lowest BCUT2D eigenvalue weighted by Crippen LogP contribution is -2.66. The van der Waals surface area contributed by atoms with E-state index in [-0.39, 0.29) is 31.3 Å². The Balaban J connectivity index is 2.99. The average molecular weight is 1170 g/mol. The van der Waals surface area contributed by atoms with Crippen LogP contribution in [-0.4, -0.2) is 139 Å². The van der Waals surface area contributed by atoms with Crippen molar-refractivity contribution in [2.75, 3.05) is 0 Å². The average Bonchev–Trinajstić information content (AvgIpc) is 3.21. The molecule has 0 spiro atoms. The van der Waals surface area contributed by atoms with E-state index in [1.54, 1.807) is 0 Å². The molecule has 0 aliphatic heterocycles. The fourth-order valence-electron chi connectivity index (χ4n) is 11.3. The highest BCUT2D eigenvalue weighted by Crippen LogP contribution is 2.57. The van der Waals surface area contributed by atoms with Crippen LogP contribution >= 0.6 is 0 Å². The summed E-state index contributed by atoms with van der Waals surface area (Å²) in [5.74, 6) is -8.59. The van der Waals surface area contributed by atoms with Gasteiger partial charge in [0.15, 0.2) is 11.2 Å². The van der Waals surface area contributed by atoms with Crippen LogP contribution in [0, 0.1) is 35.5 Å². The van der Waals surface area contributed by atoms with Crippen molar-refractivity contribution in [1.82, 2.24) is 0 Å². The van der Waals surface area contributed by atoms with Gasteiger partial charge in [-0.05, 0) is 178 Å². The molecule has 2 aliphatic carbocycles. The van der Waals surface area contributed by atoms with Gasteiger partial charge in [-0.15, -0.1) is 0 Å². The molecule has 0 saturated heterocycles. The largest absolute Gasteiger partial charge is 0.458 e. The molecular weight excluding hydrogens is 1090 g/mol. The van der Waals surface area contributed by atoms with E-state index in [4.69, 9.17) is 23.7 Å². The first-order valence-corrected chi connectivity index (χ1v) is 24.5. The van der Waals surface area contributed by atoms with Gasteiger partial charge in [-0.25, -0.2) is 4.79 Å². The zero-order valence-corrected chi connectivity index (χ0v) is 45.3. The lowest BCUT2D eigenvalue weighted by atomic mass is 9.58. The number of rotatable bonds is 20. The first-order valence-electron chi connectivity index (χ1n) is 24.5. The molecule has 77 heavy (non-hydrogen) atoms. The van der Waals surface area contributed by atoms with Gasteiger partial charge in [0.2, 0.25) is 0 Å². The molecule has 28 heteroatoms. The summed E-state index contributed by atoms with van der Waals surface area (Å²) in [5.41, 5.74) is -26.7. The second-order valence-corrected chi connectivity index (χ2v) is 23.5. The second kappa shape index (κ2) is 22.4.